The Hall–Kier alpha value is -2.54. The zero-order valence-corrected chi connectivity index (χ0v) is 19.6. The van der Waals surface area contributed by atoms with E-state index in [-0.39, 0.29) is 17.1 Å². The summed E-state index contributed by atoms with van der Waals surface area (Å²) in [5, 5.41) is 13.9. The lowest BCUT2D eigenvalue weighted by atomic mass is 9.94. The molecule has 3 aromatic rings. The first kappa shape index (κ1) is 21.7. The smallest absolute Gasteiger partial charge is 0.258 e. The fourth-order valence-electron chi connectivity index (χ4n) is 4.67. The largest absolute Gasteiger partial charge is 0.322 e. The van der Waals surface area contributed by atoms with Crippen molar-refractivity contribution in [1.82, 2.24) is 25.2 Å². The minimum absolute atomic E-state index is 0.0406. The summed E-state index contributed by atoms with van der Waals surface area (Å²) in [5.74, 6) is 1.50. The quantitative estimate of drug-likeness (QED) is 0.661. The summed E-state index contributed by atoms with van der Waals surface area (Å²) >= 11 is 0. The fourth-order valence-corrected chi connectivity index (χ4v) is 4.67. The number of nitrogens with zero attached hydrogens (tertiary/aromatic N) is 4. The number of aryl methyl sites for hydroxylation is 2. The number of hydrogen-bond donors (Lipinski definition) is 2. The Morgan fingerprint density at radius 2 is 1.97 bits per heavy atom. The summed E-state index contributed by atoms with van der Waals surface area (Å²) in [4.78, 5) is 18.0. The van der Waals surface area contributed by atoms with Crippen LogP contribution in [-0.2, 0) is 5.54 Å². The molecule has 31 heavy (non-hydrogen) atoms. The molecule has 166 valence electrons. The SMILES string of the molecule is CCC(C)(C)n1nnnc1[C@@H](c1cc2ccc(C)c(C)c2[nH]c1=O)[NH+]1CCC(C)CC1. The standard InChI is InChI=1S/C24H34N6O/c1-7-24(5,6)30-22(26-27-28-30)21(29-12-10-15(2)11-13-29)19-14-18-9-8-16(3)17(4)20(18)25-23(19)31/h8-9,14-15,21H,7,10-13H2,1-6H3,(H,25,31)/p+1/t21-/m1/s1. The number of rotatable bonds is 5. The molecule has 0 radical (unpaired) electrons. The first-order valence-electron chi connectivity index (χ1n) is 11.5. The number of nitrogens with one attached hydrogen (secondary N) is 2. The van der Waals surface area contributed by atoms with Gasteiger partial charge in [0.15, 0.2) is 6.04 Å². The van der Waals surface area contributed by atoms with E-state index in [9.17, 15) is 4.79 Å². The van der Waals surface area contributed by atoms with Crippen LogP contribution in [0.25, 0.3) is 10.9 Å². The van der Waals surface area contributed by atoms with Crippen molar-refractivity contribution in [2.75, 3.05) is 13.1 Å². The highest BCUT2D eigenvalue weighted by atomic mass is 16.1. The van der Waals surface area contributed by atoms with Crippen molar-refractivity contribution < 1.29 is 4.90 Å². The van der Waals surface area contributed by atoms with Crippen molar-refractivity contribution in [2.24, 2.45) is 5.92 Å². The molecule has 1 aliphatic rings. The zero-order valence-electron chi connectivity index (χ0n) is 19.6. The molecule has 0 saturated carbocycles. The van der Waals surface area contributed by atoms with Gasteiger partial charge in [0.05, 0.1) is 29.7 Å². The molecule has 1 saturated heterocycles. The van der Waals surface area contributed by atoms with E-state index in [1.165, 1.54) is 10.5 Å². The first-order valence-corrected chi connectivity index (χ1v) is 11.5. The Morgan fingerprint density at radius 1 is 1.26 bits per heavy atom. The molecule has 7 heteroatoms. The van der Waals surface area contributed by atoms with Gasteiger partial charge in [0, 0.05) is 0 Å². The molecule has 2 N–H and O–H groups in total. The van der Waals surface area contributed by atoms with Gasteiger partial charge in [-0.1, -0.05) is 26.0 Å². The van der Waals surface area contributed by atoms with Gasteiger partial charge in [-0.05, 0) is 85.9 Å². The number of H-pyrrole nitrogens is 1. The van der Waals surface area contributed by atoms with Crippen LogP contribution in [0.2, 0.25) is 0 Å². The molecular weight excluding hydrogens is 388 g/mol. The maximum atomic E-state index is 13.4. The van der Waals surface area contributed by atoms with E-state index in [1.54, 1.807) is 0 Å². The van der Waals surface area contributed by atoms with Gasteiger partial charge < -0.3 is 9.88 Å². The van der Waals surface area contributed by atoms with E-state index in [1.807, 2.05) is 4.68 Å². The van der Waals surface area contributed by atoms with Gasteiger partial charge in [0.25, 0.3) is 5.56 Å². The van der Waals surface area contributed by atoms with Crippen molar-refractivity contribution in [3.8, 4) is 0 Å². The van der Waals surface area contributed by atoms with Gasteiger partial charge in [-0.15, -0.1) is 5.10 Å². The molecule has 0 aliphatic carbocycles. The van der Waals surface area contributed by atoms with Gasteiger partial charge in [-0.2, -0.15) is 0 Å². The third-order valence-electron chi connectivity index (χ3n) is 7.41. The molecule has 0 amide bonds. The van der Waals surface area contributed by atoms with E-state index in [0.717, 1.165) is 60.2 Å². The van der Waals surface area contributed by atoms with Crippen LogP contribution in [0.3, 0.4) is 0 Å². The predicted octanol–water partition coefficient (Wildman–Crippen LogP) is 2.68. The van der Waals surface area contributed by atoms with Gasteiger partial charge in [-0.3, -0.25) is 4.79 Å². The molecule has 7 nitrogen and oxygen atoms in total. The molecule has 0 spiro atoms. The normalized spacial score (nSPS) is 20.8. The molecule has 1 fully saturated rings. The molecule has 0 unspecified atom stereocenters. The van der Waals surface area contributed by atoms with Gasteiger partial charge in [-0.25, -0.2) is 4.68 Å². The Bertz CT molecular complexity index is 1140. The van der Waals surface area contributed by atoms with Crippen LogP contribution in [0.15, 0.2) is 23.0 Å². The minimum atomic E-state index is -0.225. The second kappa shape index (κ2) is 8.19. The van der Waals surface area contributed by atoms with Gasteiger partial charge >= 0.3 is 0 Å². The highest BCUT2D eigenvalue weighted by molar-refractivity contribution is 5.83. The number of aromatic amines is 1. The third kappa shape index (κ3) is 3.91. The lowest BCUT2D eigenvalue weighted by molar-refractivity contribution is -0.932. The third-order valence-corrected chi connectivity index (χ3v) is 7.41. The lowest BCUT2D eigenvalue weighted by Crippen LogP contribution is -3.13. The summed E-state index contributed by atoms with van der Waals surface area (Å²) < 4.78 is 1.94. The van der Waals surface area contributed by atoms with Crippen molar-refractivity contribution in [3.63, 3.8) is 0 Å². The van der Waals surface area contributed by atoms with Crippen molar-refractivity contribution in [2.45, 2.75) is 72.4 Å². The fraction of sp³-hybridized carbons (Fsp3) is 0.583. The topological polar surface area (TPSA) is 80.9 Å². The number of quaternary nitrogens is 1. The number of piperidine rings is 1. The summed E-state index contributed by atoms with van der Waals surface area (Å²) in [6.45, 7) is 14.9. The molecular formula is C24H35N6O+. The van der Waals surface area contributed by atoms with E-state index >= 15 is 0 Å². The molecule has 1 atom stereocenters. The highest BCUT2D eigenvalue weighted by Crippen LogP contribution is 2.26. The Morgan fingerprint density at radius 3 is 2.65 bits per heavy atom. The van der Waals surface area contributed by atoms with Crippen molar-refractivity contribution >= 4 is 10.9 Å². The van der Waals surface area contributed by atoms with Crippen LogP contribution < -0.4 is 10.5 Å². The summed E-state index contributed by atoms with van der Waals surface area (Å²) in [6, 6.07) is 6.09. The minimum Gasteiger partial charge on any atom is -0.322 e. The predicted molar refractivity (Wildman–Crippen MR) is 122 cm³/mol. The molecule has 3 heterocycles. The maximum absolute atomic E-state index is 13.4. The monoisotopic (exact) mass is 423 g/mol. The van der Waals surface area contributed by atoms with Crippen molar-refractivity contribution in [1.29, 1.82) is 0 Å². The number of pyridine rings is 1. The van der Waals surface area contributed by atoms with E-state index in [0.29, 0.717) is 5.92 Å². The lowest BCUT2D eigenvalue weighted by Gasteiger charge is -2.34. The number of tetrazole rings is 1. The van der Waals surface area contributed by atoms with Crippen LogP contribution in [-0.4, -0.2) is 38.3 Å². The molecule has 1 aromatic carbocycles. The number of benzene rings is 1. The van der Waals surface area contributed by atoms with Gasteiger partial charge in [0.1, 0.15) is 0 Å². The summed E-state index contributed by atoms with van der Waals surface area (Å²) in [7, 11) is 0. The molecule has 0 bridgehead atoms. The summed E-state index contributed by atoms with van der Waals surface area (Å²) in [5.41, 5.74) is 3.70. The zero-order chi connectivity index (χ0) is 22.3. The average molecular weight is 424 g/mol. The molecule has 4 rings (SSSR count). The van der Waals surface area contributed by atoms with Crippen LogP contribution >= 0.6 is 0 Å². The second-order valence-electron chi connectivity index (χ2n) is 9.91. The molecule has 2 aromatic heterocycles. The number of fused-ring (bicyclic) bond motifs is 1. The summed E-state index contributed by atoms with van der Waals surface area (Å²) in [6.07, 6.45) is 3.19. The van der Waals surface area contributed by atoms with Gasteiger partial charge in [0.2, 0.25) is 5.82 Å². The highest BCUT2D eigenvalue weighted by Gasteiger charge is 2.38. The van der Waals surface area contributed by atoms with Crippen LogP contribution in [0.4, 0.5) is 0 Å². The Labute approximate surface area is 183 Å². The number of likely N-dealkylation sites (tertiary alicyclic amines) is 1. The van der Waals surface area contributed by atoms with E-state index in [4.69, 9.17) is 0 Å². The van der Waals surface area contributed by atoms with Crippen LogP contribution in [0.5, 0.6) is 0 Å². The Kier molecular flexibility index (Phi) is 5.73. The number of aromatic nitrogens is 5. The number of hydrogen-bond acceptors (Lipinski definition) is 4. The van der Waals surface area contributed by atoms with Crippen LogP contribution in [0.1, 0.15) is 75.5 Å². The maximum Gasteiger partial charge on any atom is 0.258 e. The molecule has 1 aliphatic heterocycles. The Balaban J connectivity index is 1.91. The van der Waals surface area contributed by atoms with Crippen molar-refractivity contribution in [3.05, 3.63) is 51.1 Å². The van der Waals surface area contributed by atoms with E-state index < -0.39 is 0 Å². The van der Waals surface area contributed by atoms with Crippen LogP contribution in [0, 0.1) is 19.8 Å². The van der Waals surface area contributed by atoms with E-state index in [2.05, 4.69) is 80.3 Å². The second-order valence-corrected chi connectivity index (χ2v) is 9.91. The first-order chi connectivity index (χ1) is 14.7. The average Bonchev–Trinajstić information content (AvgIpc) is 3.24.